The molecule has 4 aromatic carbocycles. The molecule has 8 heteroatoms. The van der Waals surface area contributed by atoms with Gasteiger partial charge in [-0.3, -0.25) is 4.57 Å². The molecule has 1 heterocycles. The van der Waals surface area contributed by atoms with Gasteiger partial charge in [-0.15, -0.1) is 10.2 Å². The molecule has 0 bridgehead atoms. The fourth-order valence-electron chi connectivity index (χ4n) is 4.40. The van der Waals surface area contributed by atoms with Gasteiger partial charge in [0.1, 0.15) is 0 Å². The number of carbonyl (C=O) groups is 1. The number of thioether (sulfide) groups is 1. The summed E-state index contributed by atoms with van der Waals surface area (Å²) in [6.45, 7) is 4.15. The largest absolute Gasteiger partial charge is 0.327 e. The van der Waals surface area contributed by atoms with Gasteiger partial charge in [0, 0.05) is 28.6 Å². The van der Waals surface area contributed by atoms with Crippen molar-refractivity contribution in [2.45, 2.75) is 37.2 Å². The lowest BCUT2D eigenvalue weighted by Crippen LogP contribution is -2.35. The summed E-state index contributed by atoms with van der Waals surface area (Å²) in [5.41, 5.74) is 6.26. The molecule has 40 heavy (non-hydrogen) atoms. The van der Waals surface area contributed by atoms with E-state index in [0.717, 1.165) is 27.7 Å². The van der Waals surface area contributed by atoms with E-state index in [9.17, 15) is 4.79 Å². The highest BCUT2D eigenvalue weighted by Gasteiger charge is 2.25. The number of halogens is 1. The van der Waals surface area contributed by atoms with Gasteiger partial charge in [-0.1, -0.05) is 101 Å². The fraction of sp³-hybridized carbons (Fsp3) is 0.156. The second kappa shape index (κ2) is 12.9. The number of nitrogens with one attached hydrogen (secondary N) is 2. The van der Waals surface area contributed by atoms with Crippen LogP contribution in [0.25, 0.3) is 5.69 Å². The van der Waals surface area contributed by atoms with Crippen molar-refractivity contribution in [2.24, 2.45) is 0 Å². The van der Waals surface area contributed by atoms with Crippen LogP contribution in [-0.4, -0.2) is 20.8 Å². The maximum absolute atomic E-state index is 13.2. The highest BCUT2D eigenvalue weighted by atomic mass is 35.5. The number of urea groups is 1. The van der Waals surface area contributed by atoms with Gasteiger partial charge in [0.15, 0.2) is 11.0 Å². The first-order chi connectivity index (χ1) is 19.4. The minimum absolute atomic E-state index is 0.337. The zero-order valence-electron chi connectivity index (χ0n) is 22.3. The zero-order valence-corrected chi connectivity index (χ0v) is 23.9. The van der Waals surface area contributed by atoms with Crippen molar-refractivity contribution >= 4 is 35.1 Å². The Hall–Kier alpha value is -4.07. The van der Waals surface area contributed by atoms with Gasteiger partial charge in [-0.2, -0.15) is 0 Å². The molecular weight excluding hydrogens is 538 g/mol. The molecule has 0 unspecified atom stereocenters. The summed E-state index contributed by atoms with van der Waals surface area (Å²) < 4.78 is 2.05. The van der Waals surface area contributed by atoms with Crippen LogP contribution in [-0.2, 0) is 12.2 Å². The summed E-state index contributed by atoms with van der Waals surface area (Å²) in [4.78, 5) is 13.2. The van der Waals surface area contributed by atoms with Crippen LogP contribution < -0.4 is 10.6 Å². The summed E-state index contributed by atoms with van der Waals surface area (Å²) >= 11 is 7.64. The number of hydrogen-bond acceptors (Lipinski definition) is 4. The number of carbonyl (C=O) groups excluding carboxylic acids is 1. The number of hydrogen-bond donors (Lipinski definition) is 2. The minimum Gasteiger partial charge on any atom is -0.327 e. The van der Waals surface area contributed by atoms with Crippen LogP contribution in [0.3, 0.4) is 0 Å². The molecule has 0 aliphatic heterocycles. The van der Waals surface area contributed by atoms with Gasteiger partial charge in [0.2, 0.25) is 0 Å². The molecule has 0 saturated heterocycles. The van der Waals surface area contributed by atoms with Gasteiger partial charge < -0.3 is 10.6 Å². The van der Waals surface area contributed by atoms with E-state index in [1.807, 2.05) is 30.3 Å². The molecule has 1 atom stereocenters. The average molecular weight is 568 g/mol. The third-order valence-corrected chi connectivity index (χ3v) is 7.65. The number of benzene rings is 4. The molecule has 5 aromatic rings. The maximum atomic E-state index is 13.2. The van der Waals surface area contributed by atoms with Gasteiger partial charge in [-0.25, -0.2) is 4.79 Å². The van der Waals surface area contributed by atoms with E-state index < -0.39 is 6.04 Å². The first kappa shape index (κ1) is 27.5. The Bertz CT molecular complexity index is 1570. The van der Waals surface area contributed by atoms with E-state index in [1.54, 1.807) is 36.0 Å². The topological polar surface area (TPSA) is 71.8 Å². The SMILES string of the molecule is Cc1ccc(-n2c(SCc3cccc(C)c3)nnc2[C@@H](Cc2ccccc2)NC(=O)Nc2ccc(Cl)cc2)cc1. The van der Waals surface area contributed by atoms with Crippen molar-refractivity contribution in [3.8, 4) is 5.69 Å². The van der Waals surface area contributed by atoms with Crippen LogP contribution in [0.1, 0.15) is 34.1 Å². The van der Waals surface area contributed by atoms with Gasteiger partial charge in [0.05, 0.1) is 6.04 Å². The number of aromatic nitrogens is 3. The Balaban J connectivity index is 1.49. The van der Waals surface area contributed by atoms with E-state index >= 15 is 0 Å². The summed E-state index contributed by atoms with van der Waals surface area (Å²) in [6, 6.07) is 33.0. The second-order valence-corrected chi connectivity index (χ2v) is 11.0. The fourth-order valence-corrected chi connectivity index (χ4v) is 5.43. The van der Waals surface area contributed by atoms with Crippen LogP contribution in [0.15, 0.2) is 108 Å². The highest BCUT2D eigenvalue weighted by molar-refractivity contribution is 7.98. The Morgan fingerprint density at radius 2 is 1.57 bits per heavy atom. The standard InChI is InChI=1S/C32H30ClN5OS/c1-22-11-17-28(18-12-22)38-30(36-37-32(38)40-21-25-10-6-7-23(2)19-25)29(20-24-8-4-3-5-9-24)35-31(39)34-27-15-13-26(33)14-16-27/h3-19,29H,20-21H2,1-2H3,(H2,34,35,39)/t29-/m1/s1. The van der Waals surface area contributed by atoms with Crippen LogP contribution >= 0.6 is 23.4 Å². The molecule has 202 valence electrons. The van der Waals surface area contributed by atoms with E-state index in [1.165, 1.54) is 11.1 Å². The van der Waals surface area contributed by atoms with Gasteiger partial charge >= 0.3 is 6.03 Å². The number of nitrogens with zero attached hydrogens (tertiary/aromatic N) is 3. The molecule has 2 N–H and O–H groups in total. The van der Waals surface area contributed by atoms with Crippen molar-refractivity contribution in [2.75, 3.05) is 5.32 Å². The maximum Gasteiger partial charge on any atom is 0.319 e. The molecule has 0 aliphatic rings. The van der Waals surface area contributed by atoms with Crippen molar-refractivity contribution < 1.29 is 4.79 Å². The van der Waals surface area contributed by atoms with Gasteiger partial charge in [-0.05, 0) is 61.4 Å². The van der Waals surface area contributed by atoms with Crippen molar-refractivity contribution in [1.82, 2.24) is 20.1 Å². The minimum atomic E-state index is -0.447. The Morgan fingerprint density at radius 1 is 0.850 bits per heavy atom. The van der Waals surface area contributed by atoms with Gasteiger partial charge in [0.25, 0.3) is 0 Å². The van der Waals surface area contributed by atoms with Crippen LogP contribution in [0.4, 0.5) is 10.5 Å². The first-order valence-corrected chi connectivity index (χ1v) is 14.4. The number of anilines is 1. The highest BCUT2D eigenvalue weighted by Crippen LogP contribution is 2.29. The smallest absolute Gasteiger partial charge is 0.319 e. The molecule has 0 fully saturated rings. The number of rotatable bonds is 9. The summed E-state index contributed by atoms with van der Waals surface area (Å²) in [6.07, 6.45) is 0.543. The lowest BCUT2D eigenvalue weighted by molar-refractivity contribution is 0.247. The summed E-state index contributed by atoms with van der Waals surface area (Å²) in [5, 5.41) is 16.7. The van der Waals surface area contributed by atoms with Crippen molar-refractivity contribution in [1.29, 1.82) is 0 Å². The van der Waals surface area contributed by atoms with E-state index in [0.29, 0.717) is 23.0 Å². The summed E-state index contributed by atoms with van der Waals surface area (Å²) in [7, 11) is 0. The second-order valence-electron chi connectivity index (χ2n) is 9.64. The Morgan fingerprint density at radius 3 is 2.30 bits per heavy atom. The number of aryl methyl sites for hydroxylation is 2. The third-order valence-electron chi connectivity index (χ3n) is 6.40. The Kier molecular flexibility index (Phi) is 8.84. The Labute approximate surface area is 243 Å². The van der Waals surface area contributed by atoms with Crippen molar-refractivity contribution in [3.63, 3.8) is 0 Å². The lowest BCUT2D eigenvalue weighted by Gasteiger charge is -2.21. The first-order valence-electron chi connectivity index (χ1n) is 13.0. The quantitative estimate of drug-likeness (QED) is 0.177. The molecule has 0 spiro atoms. The molecular formula is C32H30ClN5OS. The molecule has 2 amide bonds. The van der Waals surface area contributed by atoms with Crippen LogP contribution in [0.2, 0.25) is 5.02 Å². The molecule has 1 aromatic heterocycles. The molecule has 0 radical (unpaired) electrons. The molecule has 6 nitrogen and oxygen atoms in total. The van der Waals surface area contributed by atoms with E-state index in [4.69, 9.17) is 11.6 Å². The third kappa shape index (κ3) is 7.11. The van der Waals surface area contributed by atoms with Crippen LogP contribution in [0.5, 0.6) is 0 Å². The lowest BCUT2D eigenvalue weighted by atomic mass is 10.1. The zero-order chi connectivity index (χ0) is 27.9. The van der Waals surface area contributed by atoms with Crippen molar-refractivity contribution in [3.05, 3.63) is 136 Å². The predicted octanol–water partition coefficient (Wildman–Crippen LogP) is 7.94. The van der Waals surface area contributed by atoms with Crippen LogP contribution in [0, 0.1) is 13.8 Å². The van der Waals surface area contributed by atoms with E-state index in [2.05, 4.69) is 87.8 Å². The normalized spacial score (nSPS) is 11.7. The molecule has 5 rings (SSSR count). The monoisotopic (exact) mass is 567 g/mol. The number of amides is 2. The summed E-state index contributed by atoms with van der Waals surface area (Å²) in [5.74, 6) is 1.41. The molecule has 0 aliphatic carbocycles. The average Bonchev–Trinajstić information content (AvgIpc) is 3.38. The predicted molar refractivity (Wildman–Crippen MR) is 163 cm³/mol. The molecule has 0 saturated carbocycles. The van der Waals surface area contributed by atoms with E-state index in [-0.39, 0.29) is 6.03 Å².